The van der Waals surface area contributed by atoms with Crippen molar-refractivity contribution in [2.75, 3.05) is 13.7 Å². The second-order valence-corrected chi connectivity index (χ2v) is 4.84. The minimum Gasteiger partial charge on any atom is -0.493 e. The molecule has 0 atom stereocenters. The summed E-state index contributed by atoms with van der Waals surface area (Å²) >= 11 is 0. The Hall–Kier alpha value is -2.43. The van der Waals surface area contributed by atoms with Crippen molar-refractivity contribution in [1.82, 2.24) is 0 Å². The molecule has 1 heterocycles. The number of esters is 1. The minimum atomic E-state index is -0.479. The molecule has 2 rings (SSSR count). The van der Waals surface area contributed by atoms with E-state index in [-0.39, 0.29) is 12.4 Å². The molecule has 5 nitrogen and oxygen atoms in total. The van der Waals surface area contributed by atoms with Gasteiger partial charge in [-0.25, -0.2) is 4.79 Å². The molecule has 0 amide bonds. The van der Waals surface area contributed by atoms with Crippen molar-refractivity contribution in [2.24, 2.45) is 0 Å². The molecular weight excluding hydrogens is 284 g/mol. The predicted octanol–water partition coefficient (Wildman–Crippen LogP) is 3.74. The zero-order valence-electron chi connectivity index (χ0n) is 13.0. The topological polar surface area (TPSA) is 57.9 Å². The number of hydrogen-bond donors (Lipinski definition) is 0. The van der Waals surface area contributed by atoms with Crippen molar-refractivity contribution in [1.29, 1.82) is 0 Å². The Labute approximate surface area is 129 Å². The lowest BCUT2D eigenvalue weighted by atomic mass is 10.2. The van der Waals surface area contributed by atoms with Gasteiger partial charge in [-0.2, -0.15) is 0 Å². The van der Waals surface area contributed by atoms with Crippen LogP contribution in [0.5, 0.6) is 11.5 Å². The van der Waals surface area contributed by atoms with Gasteiger partial charge in [0, 0.05) is 5.56 Å². The molecule has 0 bridgehead atoms. The maximum absolute atomic E-state index is 11.9. The Morgan fingerprint density at radius 2 is 2.05 bits per heavy atom. The van der Waals surface area contributed by atoms with Crippen LogP contribution in [0, 0.1) is 6.92 Å². The van der Waals surface area contributed by atoms with E-state index in [9.17, 15) is 4.79 Å². The lowest BCUT2D eigenvalue weighted by molar-refractivity contribution is 0.0434. The minimum absolute atomic E-state index is 0.142. The van der Waals surface area contributed by atoms with Crippen molar-refractivity contribution in [2.45, 2.75) is 26.9 Å². The first-order valence-electron chi connectivity index (χ1n) is 7.16. The molecule has 0 radical (unpaired) electrons. The molecule has 5 heteroatoms. The summed E-state index contributed by atoms with van der Waals surface area (Å²) in [6.45, 7) is 4.60. The third-order valence-electron chi connectivity index (χ3n) is 3.11. The van der Waals surface area contributed by atoms with Crippen molar-refractivity contribution in [3.05, 3.63) is 47.4 Å². The van der Waals surface area contributed by atoms with Gasteiger partial charge in [-0.3, -0.25) is 0 Å². The fraction of sp³-hybridized carbons (Fsp3) is 0.353. The maximum atomic E-state index is 11.9. The lowest BCUT2D eigenvalue weighted by Gasteiger charge is -2.11. The SMILES string of the molecule is CCCOc1ccc(COC(=O)c2occc2C)cc1OC. The number of hydrogen-bond acceptors (Lipinski definition) is 5. The highest BCUT2D eigenvalue weighted by Crippen LogP contribution is 2.28. The van der Waals surface area contributed by atoms with Gasteiger partial charge in [0.2, 0.25) is 5.76 Å². The third-order valence-corrected chi connectivity index (χ3v) is 3.11. The number of aryl methyl sites for hydroxylation is 1. The van der Waals surface area contributed by atoms with Gasteiger partial charge in [-0.1, -0.05) is 13.0 Å². The standard InChI is InChI=1S/C17H20O5/c1-4-8-20-14-6-5-13(10-15(14)19-3)11-22-17(18)16-12(2)7-9-21-16/h5-7,9-10H,4,8,11H2,1-3H3. The summed E-state index contributed by atoms with van der Waals surface area (Å²) in [4.78, 5) is 11.9. The van der Waals surface area contributed by atoms with Crippen molar-refractivity contribution in [3.63, 3.8) is 0 Å². The second kappa shape index (κ2) is 7.54. The highest BCUT2D eigenvalue weighted by molar-refractivity contribution is 5.87. The fourth-order valence-corrected chi connectivity index (χ4v) is 1.93. The Morgan fingerprint density at radius 3 is 2.68 bits per heavy atom. The summed E-state index contributed by atoms with van der Waals surface area (Å²) in [6.07, 6.45) is 2.39. The van der Waals surface area contributed by atoms with Crippen LogP contribution in [0.3, 0.4) is 0 Å². The van der Waals surface area contributed by atoms with Crippen LogP contribution in [-0.4, -0.2) is 19.7 Å². The van der Waals surface area contributed by atoms with Crippen LogP contribution in [0.4, 0.5) is 0 Å². The number of carbonyl (C=O) groups excluding carboxylic acids is 1. The van der Waals surface area contributed by atoms with E-state index in [1.165, 1.54) is 6.26 Å². The van der Waals surface area contributed by atoms with E-state index in [1.54, 1.807) is 26.2 Å². The van der Waals surface area contributed by atoms with Crippen LogP contribution in [0.15, 0.2) is 34.9 Å². The van der Waals surface area contributed by atoms with Gasteiger partial charge in [0.1, 0.15) is 6.61 Å². The Morgan fingerprint density at radius 1 is 1.23 bits per heavy atom. The molecule has 1 aromatic heterocycles. The molecule has 0 aliphatic rings. The van der Waals surface area contributed by atoms with Gasteiger partial charge in [-0.05, 0) is 37.1 Å². The van der Waals surface area contributed by atoms with E-state index in [1.807, 2.05) is 19.1 Å². The molecule has 0 saturated heterocycles. The monoisotopic (exact) mass is 304 g/mol. The van der Waals surface area contributed by atoms with E-state index in [0.29, 0.717) is 18.1 Å². The molecule has 118 valence electrons. The highest BCUT2D eigenvalue weighted by Gasteiger charge is 2.14. The van der Waals surface area contributed by atoms with E-state index < -0.39 is 5.97 Å². The summed E-state index contributed by atoms with van der Waals surface area (Å²) in [5.74, 6) is 1.06. The Kier molecular flexibility index (Phi) is 5.47. The highest BCUT2D eigenvalue weighted by atomic mass is 16.5. The average Bonchev–Trinajstić information content (AvgIpc) is 2.97. The average molecular weight is 304 g/mol. The number of carbonyl (C=O) groups is 1. The van der Waals surface area contributed by atoms with Gasteiger partial charge in [-0.15, -0.1) is 0 Å². The number of benzene rings is 1. The zero-order chi connectivity index (χ0) is 15.9. The molecule has 0 aliphatic heterocycles. The van der Waals surface area contributed by atoms with Gasteiger partial charge in [0.15, 0.2) is 11.5 Å². The molecule has 22 heavy (non-hydrogen) atoms. The molecule has 0 saturated carbocycles. The largest absolute Gasteiger partial charge is 0.493 e. The summed E-state index contributed by atoms with van der Waals surface area (Å²) < 4.78 is 21.2. The molecule has 2 aromatic rings. The molecule has 0 fully saturated rings. The van der Waals surface area contributed by atoms with Crippen LogP contribution < -0.4 is 9.47 Å². The van der Waals surface area contributed by atoms with Crippen LogP contribution in [0.1, 0.15) is 35.0 Å². The molecule has 0 unspecified atom stereocenters. The first-order chi connectivity index (χ1) is 10.7. The summed E-state index contributed by atoms with van der Waals surface area (Å²) in [6, 6.07) is 7.18. The van der Waals surface area contributed by atoms with E-state index in [2.05, 4.69) is 0 Å². The van der Waals surface area contributed by atoms with Crippen LogP contribution in [0.2, 0.25) is 0 Å². The van der Waals surface area contributed by atoms with Gasteiger partial charge >= 0.3 is 5.97 Å². The van der Waals surface area contributed by atoms with Gasteiger partial charge in [0.05, 0.1) is 20.0 Å². The van der Waals surface area contributed by atoms with Crippen molar-refractivity contribution >= 4 is 5.97 Å². The normalized spacial score (nSPS) is 10.3. The number of rotatable bonds is 7. The van der Waals surface area contributed by atoms with Crippen molar-refractivity contribution in [3.8, 4) is 11.5 Å². The lowest BCUT2D eigenvalue weighted by Crippen LogP contribution is -2.06. The molecule has 0 spiro atoms. The zero-order valence-corrected chi connectivity index (χ0v) is 13.0. The molecule has 0 aliphatic carbocycles. The Bertz CT molecular complexity index is 630. The number of methoxy groups -OCH3 is 1. The summed E-state index contributed by atoms with van der Waals surface area (Å²) in [5.41, 5.74) is 1.57. The molecule has 1 aromatic carbocycles. The third kappa shape index (κ3) is 3.81. The van der Waals surface area contributed by atoms with E-state index in [0.717, 1.165) is 17.5 Å². The summed E-state index contributed by atoms with van der Waals surface area (Å²) in [7, 11) is 1.58. The summed E-state index contributed by atoms with van der Waals surface area (Å²) in [5, 5.41) is 0. The van der Waals surface area contributed by atoms with Crippen molar-refractivity contribution < 1.29 is 23.4 Å². The quantitative estimate of drug-likeness (QED) is 0.729. The number of ether oxygens (including phenoxy) is 3. The van der Waals surface area contributed by atoms with E-state index in [4.69, 9.17) is 18.6 Å². The van der Waals surface area contributed by atoms with Crippen LogP contribution in [0.25, 0.3) is 0 Å². The molecule has 0 N–H and O–H groups in total. The van der Waals surface area contributed by atoms with Gasteiger partial charge in [0.25, 0.3) is 0 Å². The predicted molar refractivity (Wildman–Crippen MR) is 81.3 cm³/mol. The van der Waals surface area contributed by atoms with Crippen LogP contribution >= 0.6 is 0 Å². The first kappa shape index (κ1) is 15.9. The maximum Gasteiger partial charge on any atom is 0.374 e. The van der Waals surface area contributed by atoms with Gasteiger partial charge < -0.3 is 18.6 Å². The van der Waals surface area contributed by atoms with E-state index >= 15 is 0 Å². The van der Waals surface area contributed by atoms with Crippen LogP contribution in [-0.2, 0) is 11.3 Å². The first-order valence-corrected chi connectivity index (χ1v) is 7.16. The number of furan rings is 1. The smallest absolute Gasteiger partial charge is 0.374 e. The fourth-order valence-electron chi connectivity index (χ4n) is 1.93. The molecular formula is C17H20O5. The second-order valence-electron chi connectivity index (χ2n) is 4.84. The Balaban J connectivity index is 2.01.